The van der Waals surface area contributed by atoms with E-state index in [1.165, 1.54) is 0 Å². The lowest BCUT2D eigenvalue weighted by molar-refractivity contribution is 0.0778. The number of carbonyl (C=O) groups is 3. The largest absolute Gasteiger partial charge is 0.352 e. The van der Waals surface area contributed by atoms with Gasteiger partial charge in [0.25, 0.3) is 0 Å². The van der Waals surface area contributed by atoms with E-state index < -0.39 is 29.6 Å². The number of urea groups is 1. The van der Waals surface area contributed by atoms with Crippen LogP contribution in [-0.2, 0) is 0 Å². The summed E-state index contributed by atoms with van der Waals surface area (Å²) >= 11 is 0. The first kappa shape index (κ1) is 18.7. The molecule has 8 nitrogen and oxygen atoms in total. The molecule has 0 aromatic heterocycles. The summed E-state index contributed by atoms with van der Waals surface area (Å²) < 4.78 is 0. The molecule has 0 aliphatic heterocycles. The third kappa shape index (κ3) is 4.68. The number of nitrogens with two attached hydrogens (primary N) is 1. The first-order valence-electron chi connectivity index (χ1n) is 7.80. The van der Waals surface area contributed by atoms with Crippen molar-refractivity contribution in [3.63, 3.8) is 0 Å². The number of benzene rings is 2. The zero-order valence-corrected chi connectivity index (χ0v) is 13.8. The Morgan fingerprint density at radius 3 is 1.81 bits per heavy atom. The van der Waals surface area contributed by atoms with Crippen LogP contribution in [0.1, 0.15) is 20.7 Å². The third-order valence-corrected chi connectivity index (χ3v) is 3.75. The highest BCUT2D eigenvalue weighted by molar-refractivity contribution is 6.16. The summed E-state index contributed by atoms with van der Waals surface area (Å²) in [6.07, 6.45) is 0. The Balaban J connectivity index is 2.48. The molecule has 1 atom stereocenters. The summed E-state index contributed by atoms with van der Waals surface area (Å²) in [5.41, 5.74) is 14.4. The summed E-state index contributed by atoms with van der Waals surface area (Å²) in [6, 6.07) is 14.5. The number of Topliss-reactive ketones (excluding diaryl/α,β-unsaturated/α-hetero) is 2. The lowest BCUT2D eigenvalue weighted by atomic mass is 9.84. The van der Waals surface area contributed by atoms with Gasteiger partial charge in [-0.25, -0.2) is 4.79 Å². The van der Waals surface area contributed by atoms with Crippen molar-refractivity contribution >= 4 is 17.6 Å². The van der Waals surface area contributed by atoms with Crippen LogP contribution in [0, 0.1) is 5.92 Å². The maximum Gasteiger partial charge on any atom is 0.312 e. The Labute approximate surface area is 149 Å². The number of azide groups is 1. The van der Waals surface area contributed by atoms with Gasteiger partial charge < -0.3 is 11.1 Å². The molecule has 3 N–H and O–H groups in total. The number of carbonyl (C=O) groups excluding carboxylic acids is 3. The van der Waals surface area contributed by atoms with Crippen LogP contribution >= 0.6 is 0 Å². The van der Waals surface area contributed by atoms with Gasteiger partial charge in [-0.3, -0.25) is 9.59 Å². The van der Waals surface area contributed by atoms with E-state index in [4.69, 9.17) is 11.3 Å². The molecule has 0 bridgehead atoms. The van der Waals surface area contributed by atoms with Gasteiger partial charge in [-0.05, 0) is 5.53 Å². The third-order valence-electron chi connectivity index (χ3n) is 3.75. The highest BCUT2D eigenvalue weighted by Gasteiger charge is 2.36. The van der Waals surface area contributed by atoms with Crippen LogP contribution in [0.15, 0.2) is 65.8 Å². The van der Waals surface area contributed by atoms with Gasteiger partial charge in [0.1, 0.15) is 5.92 Å². The van der Waals surface area contributed by atoms with Gasteiger partial charge in [0.2, 0.25) is 0 Å². The lowest BCUT2D eigenvalue weighted by Crippen LogP contribution is -2.50. The Morgan fingerprint density at radius 1 is 0.962 bits per heavy atom. The van der Waals surface area contributed by atoms with Gasteiger partial charge in [-0.2, -0.15) is 0 Å². The topological polar surface area (TPSA) is 138 Å². The molecule has 0 saturated heterocycles. The number of nitrogens with zero attached hydrogens (tertiary/aromatic N) is 3. The number of ketones is 2. The molecule has 0 radical (unpaired) electrons. The van der Waals surface area contributed by atoms with Crippen molar-refractivity contribution in [1.29, 1.82) is 0 Å². The summed E-state index contributed by atoms with van der Waals surface area (Å²) in [5, 5.41) is 5.75. The number of amides is 2. The number of rotatable bonds is 8. The van der Waals surface area contributed by atoms with Gasteiger partial charge in [-0.1, -0.05) is 65.8 Å². The highest BCUT2D eigenvalue weighted by atomic mass is 16.2. The van der Waals surface area contributed by atoms with E-state index in [-0.39, 0.29) is 6.54 Å². The average Bonchev–Trinajstić information content (AvgIpc) is 2.67. The molecule has 0 saturated carbocycles. The molecule has 0 heterocycles. The Hall–Kier alpha value is -3.64. The van der Waals surface area contributed by atoms with Gasteiger partial charge >= 0.3 is 6.03 Å². The summed E-state index contributed by atoms with van der Waals surface area (Å²) in [6.45, 7) is -0.290. The van der Waals surface area contributed by atoms with E-state index in [0.29, 0.717) is 11.1 Å². The maximum absolute atomic E-state index is 13.0. The molecular weight excluding hydrogens is 334 g/mol. The second-order valence-corrected chi connectivity index (χ2v) is 5.47. The molecule has 1 unspecified atom stereocenters. The minimum atomic E-state index is -1.28. The number of nitrogens with one attached hydrogen (secondary N) is 1. The summed E-state index contributed by atoms with van der Waals surface area (Å²) in [5.74, 6) is -2.27. The van der Waals surface area contributed by atoms with Crippen molar-refractivity contribution in [2.75, 3.05) is 6.54 Å². The fraction of sp³-hybridized carbons (Fsp3) is 0.167. The molecule has 26 heavy (non-hydrogen) atoms. The Kier molecular flexibility index (Phi) is 6.47. The second-order valence-electron chi connectivity index (χ2n) is 5.47. The smallest absolute Gasteiger partial charge is 0.312 e. The molecule has 132 valence electrons. The zero-order valence-electron chi connectivity index (χ0n) is 13.8. The van der Waals surface area contributed by atoms with Crippen LogP contribution in [0.2, 0.25) is 0 Å². The Bertz CT molecular complexity index is 777. The molecule has 0 aliphatic rings. The summed E-state index contributed by atoms with van der Waals surface area (Å²) in [7, 11) is 0. The van der Waals surface area contributed by atoms with Crippen molar-refractivity contribution in [2.45, 2.75) is 6.04 Å². The van der Waals surface area contributed by atoms with E-state index in [1.807, 2.05) is 0 Å². The molecule has 0 aliphatic carbocycles. The summed E-state index contributed by atoms with van der Waals surface area (Å²) in [4.78, 5) is 40.0. The van der Waals surface area contributed by atoms with Crippen LogP contribution in [0.5, 0.6) is 0 Å². The van der Waals surface area contributed by atoms with E-state index in [9.17, 15) is 14.4 Å². The van der Waals surface area contributed by atoms with E-state index >= 15 is 0 Å². The van der Waals surface area contributed by atoms with E-state index in [2.05, 4.69) is 15.3 Å². The van der Waals surface area contributed by atoms with Crippen LogP contribution in [0.3, 0.4) is 0 Å². The van der Waals surface area contributed by atoms with Crippen LogP contribution < -0.4 is 11.1 Å². The minimum absolute atomic E-state index is 0.290. The van der Waals surface area contributed by atoms with Crippen molar-refractivity contribution in [1.82, 2.24) is 5.32 Å². The van der Waals surface area contributed by atoms with Gasteiger partial charge in [0.05, 0.1) is 6.04 Å². The number of primary amides is 1. The normalized spacial score (nSPS) is 11.3. The second kappa shape index (κ2) is 9.00. The highest BCUT2D eigenvalue weighted by Crippen LogP contribution is 2.19. The zero-order chi connectivity index (χ0) is 18.9. The molecule has 0 spiro atoms. The fourth-order valence-electron chi connectivity index (χ4n) is 2.59. The van der Waals surface area contributed by atoms with Crippen molar-refractivity contribution in [3.05, 3.63) is 82.2 Å². The molecule has 8 heteroatoms. The molecule has 2 rings (SSSR count). The lowest BCUT2D eigenvalue weighted by Gasteiger charge is -2.24. The average molecular weight is 351 g/mol. The predicted octanol–water partition coefficient (Wildman–Crippen LogP) is 2.72. The quantitative estimate of drug-likeness (QED) is 0.248. The van der Waals surface area contributed by atoms with Crippen LogP contribution in [-0.4, -0.2) is 30.2 Å². The molecular formula is C18H17N5O3. The van der Waals surface area contributed by atoms with Crippen LogP contribution in [0.4, 0.5) is 4.79 Å². The number of hydrogen-bond acceptors (Lipinski definition) is 4. The standard InChI is InChI=1S/C18H17N5O3/c19-18(26)22-14(11-21-23-20)15(16(24)12-7-3-1-4-8-12)17(25)13-9-5-2-6-10-13/h1-10,14-15H,11H2,(H3,19,22,26). The Morgan fingerprint density at radius 2 is 1.42 bits per heavy atom. The van der Waals surface area contributed by atoms with Gasteiger partial charge in [-0.15, -0.1) is 0 Å². The fourth-order valence-corrected chi connectivity index (χ4v) is 2.59. The number of hydrogen-bond donors (Lipinski definition) is 2. The van der Waals surface area contributed by atoms with Gasteiger partial charge in [0, 0.05) is 22.6 Å². The SMILES string of the molecule is [N-]=[N+]=NCC(NC(N)=O)C(C(=O)c1ccccc1)C(=O)c1ccccc1. The maximum atomic E-state index is 13.0. The van der Waals surface area contributed by atoms with E-state index in [0.717, 1.165) is 0 Å². The van der Waals surface area contributed by atoms with E-state index in [1.54, 1.807) is 60.7 Å². The van der Waals surface area contributed by atoms with Crippen molar-refractivity contribution in [3.8, 4) is 0 Å². The molecule has 2 aromatic rings. The minimum Gasteiger partial charge on any atom is -0.352 e. The predicted molar refractivity (Wildman–Crippen MR) is 95.6 cm³/mol. The monoisotopic (exact) mass is 351 g/mol. The first-order chi connectivity index (χ1) is 12.5. The van der Waals surface area contributed by atoms with Crippen molar-refractivity contribution < 1.29 is 14.4 Å². The van der Waals surface area contributed by atoms with Crippen molar-refractivity contribution in [2.24, 2.45) is 16.8 Å². The molecule has 2 aromatic carbocycles. The molecule has 2 amide bonds. The first-order valence-corrected chi connectivity index (χ1v) is 7.80. The molecule has 0 fully saturated rings. The van der Waals surface area contributed by atoms with Gasteiger partial charge in [0.15, 0.2) is 11.6 Å². The van der Waals surface area contributed by atoms with Crippen LogP contribution in [0.25, 0.3) is 10.4 Å².